The maximum Gasteiger partial charge on any atom is 0.408 e. The fourth-order valence-electron chi connectivity index (χ4n) is 4.18. The zero-order valence-electron chi connectivity index (χ0n) is 26.1. The van der Waals surface area contributed by atoms with Crippen molar-refractivity contribution in [3.05, 3.63) is 71.8 Å². The molecule has 2 aromatic rings. The van der Waals surface area contributed by atoms with Crippen LogP contribution in [0.2, 0.25) is 0 Å². The average Bonchev–Trinajstić information content (AvgIpc) is 2.97. The Morgan fingerprint density at radius 1 is 0.795 bits per heavy atom. The number of thioether (sulfide) groups is 1. The van der Waals surface area contributed by atoms with Crippen LogP contribution in [0.15, 0.2) is 60.7 Å². The fourth-order valence-corrected chi connectivity index (χ4v) is 5.23. The Hall–Kier alpha value is -3.86. The van der Waals surface area contributed by atoms with Crippen molar-refractivity contribution in [3.63, 3.8) is 0 Å². The van der Waals surface area contributed by atoms with Crippen LogP contribution in [0, 0.1) is 0 Å². The van der Waals surface area contributed by atoms with Crippen LogP contribution in [0.5, 0.6) is 0 Å². The van der Waals surface area contributed by atoms with Crippen molar-refractivity contribution in [2.24, 2.45) is 0 Å². The molecule has 2 rings (SSSR count). The molecule has 2 N–H and O–H groups in total. The van der Waals surface area contributed by atoms with Gasteiger partial charge in [0.15, 0.2) is 5.78 Å². The molecule has 0 bridgehead atoms. The summed E-state index contributed by atoms with van der Waals surface area (Å²) in [6, 6.07) is 16.6. The predicted octanol–water partition coefficient (Wildman–Crippen LogP) is 4.95. The number of rotatable bonds is 17. The molecule has 0 aliphatic heterocycles. The third kappa shape index (κ3) is 13.6. The first kappa shape index (κ1) is 36.3. The summed E-state index contributed by atoms with van der Waals surface area (Å²) in [7, 11) is 0. The summed E-state index contributed by atoms with van der Waals surface area (Å²) in [4.78, 5) is 64.4. The quantitative estimate of drug-likeness (QED) is 0.184. The second-order valence-electron chi connectivity index (χ2n) is 11.0. The van der Waals surface area contributed by atoms with Crippen LogP contribution in [-0.4, -0.2) is 66.4 Å². The number of hydrogen-bond acceptors (Lipinski definition) is 9. The Labute approximate surface area is 264 Å². The molecule has 0 aliphatic carbocycles. The largest absolute Gasteiger partial charge is 0.466 e. The van der Waals surface area contributed by atoms with E-state index in [1.807, 2.05) is 36.4 Å². The van der Waals surface area contributed by atoms with Crippen molar-refractivity contribution in [2.75, 3.05) is 19.0 Å². The van der Waals surface area contributed by atoms with Crippen LogP contribution in [0.3, 0.4) is 0 Å². The first-order chi connectivity index (χ1) is 20.9. The van der Waals surface area contributed by atoms with Gasteiger partial charge in [-0.25, -0.2) is 9.59 Å². The molecule has 10 nitrogen and oxygen atoms in total. The second-order valence-corrected chi connectivity index (χ2v) is 12.0. The van der Waals surface area contributed by atoms with Gasteiger partial charge in [-0.2, -0.15) is 11.8 Å². The number of carbonyl (C=O) groups excluding carboxylic acids is 5. The normalized spacial score (nSPS) is 13.1. The summed E-state index contributed by atoms with van der Waals surface area (Å²) in [5.41, 5.74) is 0.924. The van der Waals surface area contributed by atoms with Crippen molar-refractivity contribution < 1.29 is 38.2 Å². The van der Waals surface area contributed by atoms with Gasteiger partial charge in [-0.15, -0.1) is 0 Å². The number of amides is 2. The van der Waals surface area contributed by atoms with Gasteiger partial charge in [-0.1, -0.05) is 60.7 Å². The molecule has 0 aliphatic rings. The lowest BCUT2D eigenvalue weighted by atomic mass is 9.92. The maximum atomic E-state index is 13.6. The third-order valence-corrected chi connectivity index (χ3v) is 7.33. The molecule has 0 aromatic heterocycles. The number of ketones is 1. The molecule has 0 saturated carbocycles. The number of hydrogen-bond donors (Lipinski definition) is 2. The molecule has 11 heteroatoms. The van der Waals surface area contributed by atoms with Crippen LogP contribution >= 0.6 is 11.8 Å². The Kier molecular flexibility index (Phi) is 15.5. The van der Waals surface area contributed by atoms with Gasteiger partial charge in [-0.05, 0) is 52.2 Å². The van der Waals surface area contributed by atoms with Gasteiger partial charge < -0.3 is 24.8 Å². The maximum absolute atomic E-state index is 13.6. The van der Waals surface area contributed by atoms with E-state index in [9.17, 15) is 24.0 Å². The Morgan fingerprint density at radius 3 is 1.98 bits per heavy atom. The van der Waals surface area contributed by atoms with Crippen LogP contribution in [0.1, 0.15) is 70.9 Å². The van der Waals surface area contributed by atoms with Gasteiger partial charge in [0.2, 0.25) is 5.91 Å². The minimum absolute atomic E-state index is 0.0720. The summed E-state index contributed by atoms with van der Waals surface area (Å²) in [6.07, 6.45) is -1.22. The van der Waals surface area contributed by atoms with Gasteiger partial charge in [0.25, 0.3) is 0 Å². The number of ether oxygens (including phenoxy) is 3. The molecule has 0 saturated heterocycles. The SMILES string of the molecule is CCOC(=O)[C@H](CCC(=O)N[C@@H](CSCc1ccccc1)C(=O)C[C@@H](C(=O)OCC)c1ccccc1)NC(=O)OC(C)(C)C. The molecular formula is C33H44N2O8S. The number of alkyl carbamates (subject to hydrolysis) is 1. The lowest BCUT2D eigenvalue weighted by Gasteiger charge is -2.23. The van der Waals surface area contributed by atoms with E-state index >= 15 is 0 Å². The smallest absolute Gasteiger partial charge is 0.408 e. The second kappa shape index (κ2) is 18.7. The number of benzene rings is 2. The lowest BCUT2D eigenvalue weighted by Crippen LogP contribution is -2.46. The monoisotopic (exact) mass is 628 g/mol. The van der Waals surface area contributed by atoms with Gasteiger partial charge in [0.05, 0.1) is 25.2 Å². The highest BCUT2D eigenvalue weighted by Crippen LogP contribution is 2.24. The van der Waals surface area contributed by atoms with E-state index in [1.165, 1.54) is 11.8 Å². The van der Waals surface area contributed by atoms with E-state index in [0.29, 0.717) is 11.3 Å². The molecule has 0 unspecified atom stereocenters. The van der Waals surface area contributed by atoms with Crippen molar-refractivity contribution in [1.82, 2.24) is 10.6 Å². The molecule has 0 radical (unpaired) electrons. The molecule has 0 fully saturated rings. The molecule has 240 valence electrons. The summed E-state index contributed by atoms with van der Waals surface area (Å²) in [6.45, 7) is 8.67. The zero-order chi connectivity index (χ0) is 32.5. The zero-order valence-corrected chi connectivity index (χ0v) is 26.9. The topological polar surface area (TPSA) is 137 Å². The molecule has 0 heterocycles. The van der Waals surface area contributed by atoms with E-state index in [1.54, 1.807) is 58.9 Å². The van der Waals surface area contributed by atoms with Crippen molar-refractivity contribution in [3.8, 4) is 0 Å². The summed E-state index contributed by atoms with van der Waals surface area (Å²) in [5, 5.41) is 5.26. The van der Waals surface area contributed by atoms with Gasteiger partial charge in [-0.3, -0.25) is 14.4 Å². The summed E-state index contributed by atoms with van der Waals surface area (Å²) in [5.74, 6) is -1.97. The highest BCUT2D eigenvalue weighted by molar-refractivity contribution is 7.98. The molecule has 2 aromatic carbocycles. The fraction of sp³-hybridized carbons (Fsp3) is 0.485. The van der Waals surface area contributed by atoms with Crippen molar-refractivity contribution in [2.45, 2.75) is 83.2 Å². The van der Waals surface area contributed by atoms with Gasteiger partial charge >= 0.3 is 18.0 Å². The number of carbonyl (C=O) groups is 5. The Morgan fingerprint density at radius 2 is 1.39 bits per heavy atom. The van der Waals surface area contributed by atoms with Crippen LogP contribution < -0.4 is 10.6 Å². The standard InChI is InChI=1S/C33H44N2O8S/c1-6-41-30(38)25(24-16-12-9-13-17-24)20-28(36)27(22-44-21-23-14-10-8-11-15-23)34-29(37)19-18-26(31(39)42-7-2)35-32(40)43-33(3,4)5/h8-17,25-27H,6-7,18-22H2,1-5H3,(H,34,37)(H,35,40)/t25-,26+,27+/m1/s1. The van der Waals surface area contributed by atoms with E-state index < -0.39 is 47.5 Å². The third-order valence-electron chi connectivity index (χ3n) is 6.22. The molecule has 0 spiro atoms. The van der Waals surface area contributed by atoms with E-state index in [2.05, 4.69) is 10.6 Å². The van der Waals surface area contributed by atoms with E-state index in [4.69, 9.17) is 14.2 Å². The number of nitrogens with one attached hydrogen (secondary N) is 2. The highest BCUT2D eigenvalue weighted by atomic mass is 32.2. The number of esters is 2. The van der Waals surface area contributed by atoms with Crippen molar-refractivity contribution in [1.29, 1.82) is 0 Å². The Bertz CT molecular complexity index is 1220. The van der Waals surface area contributed by atoms with Gasteiger partial charge in [0.1, 0.15) is 11.6 Å². The summed E-state index contributed by atoms with van der Waals surface area (Å²) >= 11 is 1.48. The molecule has 44 heavy (non-hydrogen) atoms. The highest BCUT2D eigenvalue weighted by Gasteiger charge is 2.31. The van der Waals surface area contributed by atoms with E-state index in [0.717, 1.165) is 5.56 Å². The molecule has 3 atom stereocenters. The first-order valence-electron chi connectivity index (χ1n) is 14.7. The van der Waals surface area contributed by atoms with Crippen LogP contribution in [0.4, 0.5) is 4.79 Å². The van der Waals surface area contributed by atoms with Gasteiger partial charge in [0, 0.05) is 24.3 Å². The van der Waals surface area contributed by atoms with Crippen molar-refractivity contribution >= 4 is 41.5 Å². The first-order valence-corrected chi connectivity index (χ1v) is 15.9. The van der Waals surface area contributed by atoms with E-state index in [-0.39, 0.29) is 44.0 Å². The minimum atomic E-state index is -1.12. The molecular weight excluding hydrogens is 584 g/mol. The van der Waals surface area contributed by atoms with Crippen LogP contribution in [-0.2, 0) is 39.1 Å². The predicted molar refractivity (Wildman–Crippen MR) is 169 cm³/mol. The summed E-state index contributed by atoms with van der Waals surface area (Å²) < 4.78 is 15.6. The van der Waals surface area contributed by atoms with Crippen LogP contribution in [0.25, 0.3) is 0 Å². The number of Topliss-reactive ketones (excluding diaryl/α,β-unsaturated/α-hetero) is 1. The average molecular weight is 629 g/mol. The molecule has 2 amide bonds. The minimum Gasteiger partial charge on any atom is -0.466 e. The Balaban J connectivity index is 2.16. The lowest BCUT2D eigenvalue weighted by molar-refractivity contribution is -0.146.